The summed E-state index contributed by atoms with van der Waals surface area (Å²) in [5.74, 6) is 0. The topological polar surface area (TPSA) is 23.8 Å². The number of nitriles is 1. The van der Waals surface area contributed by atoms with Gasteiger partial charge in [-0.15, -0.1) is 11.8 Å². The van der Waals surface area contributed by atoms with Crippen molar-refractivity contribution in [3.05, 3.63) is 42.0 Å². The Hall–Kier alpha value is -1.27. The maximum atomic E-state index is 12.8. The molecule has 0 saturated carbocycles. The van der Waals surface area contributed by atoms with Crippen LogP contribution >= 0.6 is 11.8 Å². The van der Waals surface area contributed by atoms with Crippen LogP contribution in [0.3, 0.4) is 0 Å². The summed E-state index contributed by atoms with van der Waals surface area (Å²) in [7, 11) is 0. The number of hydrogen-bond donors (Lipinski definition) is 0. The van der Waals surface area contributed by atoms with E-state index in [0.717, 1.165) is 5.56 Å². The van der Waals surface area contributed by atoms with Gasteiger partial charge in [0.1, 0.15) is 11.4 Å². The Kier molecular flexibility index (Phi) is 5.07. The lowest BCUT2D eigenvalue weighted by Crippen LogP contribution is -2.23. The van der Waals surface area contributed by atoms with E-state index in [0.29, 0.717) is 6.42 Å². The molecule has 0 aliphatic heterocycles. The van der Waals surface area contributed by atoms with Gasteiger partial charge in [-0.05, 0) is 18.2 Å². The first-order valence-corrected chi connectivity index (χ1v) is 6.23. The predicted octanol–water partition coefficient (Wildman–Crippen LogP) is 3.68. The van der Waals surface area contributed by atoms with Gasteiger partial charge in [0.15, 0.2) is 0 Å². The molecule has 1 atom stereocenters. The smallest absolute Gasteiger partial charge is 0.134 e. The summed E-state index contributed by atoms with van der Waals surface area (Å²) in [4.78, 5) is 0. The highest BCUT2D eigenvalue weighted by molar-refractivity contribution is 8.00. The van der Waals surface area contributed by atoms with E-state index in [1.54, 1.807) is 6.26 Å². The summed E-state index contributed by atoms with van der Waals surface area (Å²) >= 11 is 1.27. The molecule has 3 heteroatoms. The third-order valence-electron chi connectivity index (χ3n) is 2.37. The van der Waals surface area contributed by atoms with Gasteiger partial charge in [0, 0.05) is 0 Å². The molecule has 0 aliphatic rings. The molecule has 1 rings (SSSR count). The van der Waals surface area contributed by atoms with Gasteiger partial charge in [-0.1, -0.05) is 42.5 Å². The van der Waals surface area contributed by atoms with Crippen LogP contribution in [0.1, 0.15) is 12.0 Å². The second kappa shape index (κ2) is 6.34. The van der Waals surface area contributed by atoms with Crippen LogP contribution in [0.5, 0.6) is 0 Å². The van der Waals surface area contributed by atoms with Crippen molar-refractivity contribution in [2.45, 2.75) is 11.2 Å². The zero-order chi connectivity index (χ0) is 11.9. The molecule has 16 heavy (non-hydrogen) atoms. The third kappa shape index (κ3) is 3.39. The second-order valence-corrected chi connectivity index (χ2v) is 4.65. The average Bonchev–Trinajstić information content (AvgIpc) is 2.37. The van der Waals surface area contributed by atoms with Crippen molar-refractivity contribution in [3.63, 3.8) is 0 Å². The zero-order valence-electron chi connectivity index (χ0n) is 9.19. The predicted molar refractivity (Wildman–Crippen MR) is 67.9 cm³/mol. The highest BCUT2D eigenvalue weighted by Crippen LogP contribution is 2.27. The van der Waals surface area contributed by atoms with Crippen LogP contribution in [0, 0.1) is 11.3 Å². The van der Waals surface area contributed by atoms with Gasteiger partial charge < -0.3 is 0 Å². The summed E-state index contributed by atoms with van der Waals surface area (Å²) < 4.78 is 11.8. The Morgan fingerprint density at radius 3 is 2.62 bits per heavy atom. The van der Waals surface area contributed by atoms with E-state index >= 15 is 0 Å². The van der Waals surface area contributed by atoms with Crippen molar-refractivity contribution >= 4 is 17.8 Å². The summed E-state index contributed by atoms with van der Waals surface area (Å²) in [6.07, 6.45) is 5.96. The largest absolute Gasteiger partial charge is 0.248 e. The van der Waals surface area contributed by atoms with Crippen molar-refractivity contribution in [2.75, 3.05) is 12.9 Å². The summed E-state index contributed by atoms with van der Waals surface area (Å²) in [5, 5.41) is 8.93. The van der Waals surface area contributed by atoms with Crippen LogP contribution in [0.15, 0.2) is 36.4 Å². The van der Waals surface area contributed by atoms with Gasteiger partial charge >= 0.3 is 0 Å². The molecule has 0 heterocycles. The molecule has 0 spiro atoms. The van der Waals surface area contributed by atoms with Crippen molar-refractivity contribution in [2.24, 2.45) is 0 Å². The van der Waals surface area contributed by atoms with E-state index in [1.165, 1.54) is 11.8 Å². The van der Waals surface area contributed by atoms with E-state index in [2.05, 4.69) is 0 Å². The number of alkyl halides is 1. The summed E-state index contributed by atoms with van der Waals surface area (Å²) in [6.45, 7) is -0.621. The number of halogens is 1. The Bertz CT molecular complexity index is 377. The van der Waals surface area contributed by atoms with Crippen molar-refractivity contribution in [1.29, 1.82) is 5.26 Å². The molecule has 0 N–H and O–H groups in total. The number of thioether (sulfide) groups is 1. The van der Waals surface area contributed by atoms with E-state index in [4.69, 9.17) is 5.26 Å². The van der Waals surface area contributed by atoms with Gasteiger partial charge in [-0.3, -0.25) is 0 Å². The fraction of sp³-hybridized carbons (Fsp3) is 0.308. The molecule has 0 fully saturated rings. The zero-order valence-corrected chi connectivity index (χ0v) is 10.0. The fourth-order valence-corrected chi connectivity index (χ4v) is 1.73. The van der Waals surface area contributed by atoms with Crippen LogP contribution in [-0.4, -0.2) is 17.7 Å². The SMILES string of the molecule is CSC(C#N)(CF)C/C=C/c1ccccc1. The van der Waals surface area contributed by atoms with E-state index < -0.39 is 11.4 Å². The Morgan fingerprint density at radius 2 is 2.12 bits per heavy atom. The standard InChI is InChI=1S/C13H14FNS/c1-16-13(10-14,11-15)9-5-8-12-6-3-2-4-7-12/h2-8H,9-10H2,1H3/b8-5+. The number of benzene rings is 1. The van der Waals surface area contributed by atoms with Gasteiger partial charge in [0.05, 0.1) is 6.07 Å². The highest BCUT2D eigenvalue weighted by Gasteiger charge is 2.27. The van der Waals surface area contributed by atoms with Crippen LogP contribution in [0.2, 0.25) is 0 Å². The molecule has 0 aliphatic carbocycles. The van der Waals surface area contributed by atoms with Gasteiger partial charge in [0.25, 0.3) is 0 Å². The molecule has 0 amide bonds. The van der Waals surface area contributed by atoms with Crippen LogP contribution in [-0.2, 0) is 0 Å². The maximum Gasteiger partial charge on any atom is 0.134 e. The molecular weight excluding hydrogens is 221 g/mol. The Labute approximate surface area is 100.0 Å². The molecule has 0 saturated heterocycles. The molecule has 0 radical (unpaired) electrons. The van der Waals surface area contributed by atoms with E-state index in [1.807, 2.05) is 48.6 Å². The molecule has 84 valence electrons. The molecule has 0 bridgehead atoms. The van der Waals surface area contributed by atoms with Crippen LogP contribution < -0.4 is 0 Å². The van der Waals surface area contributed by atoms with Crippen molar-refractivity contribution in [1.82, 2.24) is 0 Å². The third-order valence-corrected chi connectivity index (χ3v) is 3.52. The lowest BCUT2D eigenvalue weighted by Gasteiger charge is -2.17. The first-order chi connectivity index (χ1) is 7.76. The Morgan fingerprint density at radius 1 is 1.44 bits per heavy atom. The van der Waals surface area contributed by atoms with Crippen LogP contribution in [0.4, 0.5) is 4.39 Å². The first kappa shape index (κ1) is 12.8. The van der Waals surface area contributed by atoms with Crippen molar-refractivity contribution < 1.29 is 4.39 Å². The van der Waals surface area contributed by atoms with Crippen LogP contribution in [0.25, 0.3) is 6.08 Å². The highest BCUT2D eigenvalue weighted by atomic mass is 32.2. The number of allylic oxidation sites excluding steroid dienone is 1. The first-order valence-electron chi connectivity index (χ1n) is 5.00. The minimum absolute atomic E-state index is 0.427. The number of nitrogens with zero attached hydrogens (tertiary/aromatic N) is 1. The summed E-state index contributed by atoms with van der Waals surface area (Å²) in [5.41, 5.74) is 1.06. The minimum Gasteiger partial charge on any atom is -0.248 e. The minimum atomic E-state index is -0.925. The molecule has 0 aromatic heterocycles. The second-order valence-electron chi connectivity index (χ2n) is 3.46. The van der Waals surface area contributed by atoms with E-state index in [-0.39, 0.29) is 0 Å². The molecule has 1 unspecified atom stereocenters. The van der Waals surface area contributed by atoms with E-state index in [9.17, 15) is 4.39 Å². The monoisotopic (exact) mass is 235 g/mol. The quantitative estimate of drug-likeness (QED) is 0.777. The molecule has 1 nitrogen and oxygen atoms in total. The fourth-order valence-electron chi connectivity index (χ4n) is 1.26. The maximum absolute atomic E-state index is 12.8. The number of rotatable bonds is 5. The van der Waals surface area contributed by atoms with Crippen molar-refractivity contribution in [3.8, 4) is 6.07 Å². The molecule has 1 aromatic rings. The molecular formula is C13H14FNS. The van der Waals surface area contributed by atoms with Gasteiger partial charge in [-0.25, -0.2) is 4.39 Å². The average molecular weight is 235 g/mol. The molecule has 1 aromatic carbocycles. The lowest BCUT2D eigenvalue weighted by molar-refractivity contribution is 0.444. The van der Waals surface area contributed by atoms with Gasteiger partial charge in [-0.2, -0.15) is 5.26 Å². The van der Waals surface area contributed by atoms with Gasteiger partial charge in [0.2, 0.25) is 0 Å². The lowest BCUT2D eigenvalue weighted by atomic mass is 10.1. The number of hydrogen-bond acceptors (Lipinski definition) is 2. The Balaban J connectivity index is 2.64. The normalized spacial score (nSPS) is 14.6. The summed E-state index contributed by atoms with van der Waals surface area (Å²) in [6, 6.07) is 11.8.